The minimum atomic E-state index is -0.546. The van der Waals surface area contributed by atoms with E-state index >= 15 is 0 Å². The first-order valence-corrected chi connectivity index (χ1v) is 9.34. The number of rotatable bonds is 13. The number of nitrogens with one attached hydrogen (secondary N) is 1. The normalized spacial score (nSPS) is 12.0. The van der Waals surface area contributed by atoms with Crippen LogP contribution in [0.15, 0.2) is 42.5 Å². The summed E-state index contributed by atoms with van der Waals surface area (Å²) in [7, 11) is 0. The molecule has 2 amide bonds. The highest BCUT2D eigenvalue weighted by Crippen LogP contribution is 2.06. The molecule has 0 aliphatic rings. The van der Waals surface area contributed by atoms with Crippen LogP contribution in [-0.4, -0.2) is 23.6 Å². The lowest BCUT2D eigenvalue weighted by molar-refractivity contribution is -0.122. The maximum absolute atomic E-state index is 12.0. The van der Waals surface area contributed by atoms with Gasteiger partial charge in [-0.3, -0.25) is 14.4 Å². The van der Waals surface area contributed by atoms with Crippen molar-refractivity contribution < 1.29 is 14.4 Å². The number of allylic oxidation sites excluding steroid dienone is 1. The van der Waals surface area contributed by atoms with E-state index in [1.807, 2.05) is 30.3 Å². The largest absolute Gasteiger partial charge is 0.370 e. The maximum Gasteiger partial charge on any atom is 0.220 e. The van der Waals surface area contributed by atoms with Gasteiger partial charge >= 0.3 is 0 Å². The van der Waals surface area contributed by atoms with Crippen LogP contribution in [-0.2, 0) is 20.8 Å². The summed E-state index contributed by atoms with van der Waals surface area (Å²) in [6.07, 6.45) is 8.98. The van der Waals surface area contributed by atoms with Gasteiger partial charge in [0.05, 0.1) is 12.5 Å². The quantitative estimate of drug-likeness (QED) is 0.419. The van der Waals surface area contributed by atoms with E-state index in [4.69, 9.17) is 5.73 Å². The van der Waals surface area contributed by atoms with Crippen molar-refractivity contribution in [2.75, 3.05) is 0 Å². The lowest BCUT2D eigenvalue weighted by Crippen LogP contribution is -2.36. The molecule has 0 fully saturated rings. The molecule has 5 heteroatoms. The molecule has 0 saturated carbocycles. The second kappa shape index (κ2) is 12.9. The van der Waals surface area contributed by atoms with Crippen LogP contribution in [0, 0.1) is 0 Å². The molecule has 0 bridgehead atoms. The predicted octanol–water partition coefficient (Wildman–Crippen LogP) is 3.08. The standard InChI is InChI=1S/C21H30N2O3/c1-2-3-4-5-9-12-21(26)23-18(16-20(22)25)13-14-19(24)15-17-10-7-6-8-11-17/h6-8,10-11,13-14,18H,2-5,9,12,15-16H2,1H3,(H2,22,25)(H,23,26)/b14-13-/t18-/m0/s1. The second-order valence-electron chi connectivity index (χ2n) is 6.50. The number of carbonyl (C=O) groups excluding carboxylic acids is 3. The minimum absolute atomic E-state index is 0.0172. The number of carbonyl (C=O) groups is 3. The number of hydrogen-bond acceptors (Lipinski definition) is 3. The van der Waals surface area contributed by atoms with Crippen LogP contribution in [0.2, 0.25) is 0 Å². The molecule has 0 spiro atoms. The zero-order chi connectivity index (χ0) is 19.2. The fourth-order valence-electron chi connectivity index (χ4n) is 2.63. The van der Waals surface area contributed by atoms with Crippen molar-refractivity contribution in [2.24, 2.45) is 5.73 Å². The number of benzene rings is 1. The van der Waals surface area contributed by atoms with Gasteiger partial charge in [0.1, 0.15) is 0 Å². The van der Waals surface area contributed by atoms with E-state index in [0.29, 0.717) is 6.42 Å². The van der Waals surface area contributed by atoms with Crippen LogP contribution in [0.5, 0.6) is 0 Å². The van der Waals surface area contributed by atoms with Crippen LogP contribution >= 0.6 is 0 Å². The maximum atomic E-state index is 12.0. The van der Waals surface area contributed by atoms with Crippen molar-refractivity contribution in [3.05, 3.63) is 48.0 Å². The Labute approximate surface area is 156 Å². The second-order valence-corrected chi connectivity index (χ2v) is 6.50. The number of unbranched alkanes of at least 4 members (excludes halogenated alkanes) is 4. The molecule has 0 unspecified atom stereocenters. The summed E-state index contributed by atoms with van der Waals surface area (Å²) in [6.45, 7) is 2.15. The third-order valence-corrected chi connectivity index (χ3v) is 4.01. The number of ketones is 1. The Hall–Kier alpha value is -2.43. The van der Waals surface area contributed by atoms with E-state index in [1.165, 1.54) is 12.5 Å². The average molecular weight is 358 g/mol. The summed E-state index contributed by atoms with van der Waals surface area (Å²) >= 11 is 0. The van der Waals surface area contributed by atoms with Gasteiger partial charge in [-0.05, 0) is 18.1 Å². The van der Waals surface area contributed by atoms with Gasteiger partial charge in [-0.1, -0.05) is 69.0 Å². The fraction of sp³-hybridized carbons (Fsp3) is 0.476. The first-order valence-electron chi connectivity index (χ1n) is 9.34. The molecule has 1 rings (SSSR count). The van der Waals surface area contributed by atoms with Crippen LogP contribution in [0.4, 0.5) is 0 Å². The summed E-state index contributed by atoms with van der Waals surface area (Å²) in [5, 5.41) is 2.78. The molecule has 0 heterocycles. The van der Waals surface area contributed by atoms with Gasteiger partial charge in [0.15, 0.2) is 5.78 Å². The molecular formula is C21H30N2O3. The third-order valence-electron chi connectivity index (χ3n) is 4.01. The van der Waals surface area contributed by atoms with Crippen LogP contribution in [0.25, 0.3) is 0 Å². The van der Waals surface area contributed by atoms with Crippen molar-refractivity contribution in [1.82, 2.24) is 5.32 Å². The van der Waals surface area contributed by atoms with E-state index in [0.717, 1.165) is 31.2 Å². The fourth-order valence-corrected chi connectivity index (χ4v) is 2.63. The SMILES string of the molecule is CCCCCCCC(=O)N[C@@H](/C=C\C(=O)Cc1ccccc1)CC(N)=O. The van der Waals surface area contributed by atoms with Gasteiger partial charge in [-0.2, -0.15) is 0 Å². The average Bonchev–Trinajstić information content (AvgIpc) is 2.60. The highest BCUT2D eigenvalue weighted by molar-refractivity contribution is 5.91. The van der Waals surface area contributed by atoms with E-state index in [9.17, 15) is 14.4 Å². The summed E-state index contributed by atoms with van der Waals surface area (Å²) in [6, 6.07) is 8.87. The molecule has 1 aromatic carbocycles. The smallest absolute Gasteiger partial charge is 0.220 e. The Bertz CT molecular complexity index is 597. The van der Waals surface area contributed by atoms with E-state index in [2.05, 4.69) is 12.2 Å². The number of hydrogen-bond donors (Lipinski definition) is 2. The van der Waals surface area contributed by atoms with Crippen molar-refractivity contribution in [3.63, 3.8) is 0 Å². The topological polar surface area (TPSA) is 89.3 Å². The van der Waals surface area contributed by atoms with E-state index < -0.39 is 11.9 Å². The van der Waals surface area contributed by atoms with Gasteiger partial charge in [-0.15, -0.1) is 0 Å². The Morgan fingerprint density at radius 3 is 2.42 bits per heavy atom. The van der Waals surface area contributed by atoms with Crippen LogP contribution in [0.3, 0.4) is 0 Å². The minimum Gasteiger partial charge on any atom is -0.370 e. The highest BCUT2D eigenvalue weighted by Gasteiger charge is 2.12. The summed E-state index contributed by atoms with van der Waals surface area (Å²) in [5.74, 6) is -0.717. The first kappa shape index (κ1) is 21.6. The number of nitrogens with two attached hydrogens (primary N) is 1. The molecule has 1 aromatic rings. The van der Waals surface area contributed by atoms with Gasteiger partial charge in [0.2, 0.25) is 11.8 Å². The Morgan fingerprint density at radius 1 is 1.08 bits per heavy atom. The molecule has 3 N–H and O–H groups in total. The van der Waals surface area contributed by atoms with Crippen molar-refractivity contribution in [2.45, 2.75) is 64.3 Å². The predicted molar refractivity (Wildman–Crippen MR) is 103 cm³/mol. The molecule has 5 nitrogen and oxygen atoms in total. The van der Waals surface area contributed by atoms with Crippen LogP contribution < -0.4 is 11.1 Å². The van der Waals surface area contributed by atoms with Gasteiger partial charge < -0.3 is 11.1 Å². The van der Waals surface area contributed by atoms with Crippen molar-refractivity contribution in [3.8, 4) is 0 Å². The van der Waals surface area contributed by atoms with Crippen molar-refractivity contribution >= 4 is 17.6 Å². The third kappa shape index (κ3) is 10.4. The molecular weight excluding hydrogens is 328 g/mol. The summed E-state index contributed by atoms with van der Waals surface area (Å²) < 4.78 is 0. The van der Waals surface area contributed by atoms with Crippen molar-refractivity contribution in [1.29, 1.82) is 0 Å². The number of primary amides is 1. The zero-order valence-corrected chi connectivity index (χ0v) is 15.6. The summed E-state index contributed by atoms with van der Waals surface area (Å²) in [4.78, 5) is 35.3. The molecule has 26 heavy (non-hydrogen) atoms. The Kier molecular flexibility index (Phi) is 10.7. The molecule has 0 aliphatic carbocycles. The molecule has 1 atom stereocenters. The zero-order valence-electron chi connectivity index (χ0n) is 15.6. The highest BCUT2D eigenvalue weighted by atomic mass is 16.2. The summed E-state index contributed by atoms with van der Waals surface area (Å²) in [5.41, 5.74) is 6.17. The van der Waals surface area contributed by atoms with Crippen LogP contribution in [0.1, 0.15) is 57.4 Å². The molecule has 0 radical (unpaired) electrons. The number of amides is 2. The van der Waals surface area contributed by atoms with Gasteiger partial charge in [0, 0.05) is 12.8 Å². The van der Waals surface area contributed by atoms with E-state index in [-0.39, 0.29) is 24.5 Å². The Balaban J connectivity index is 2.47. The molecule has 0 aromatic heterocycles. The van der Waals surface area contributed by atoms with Gasteiger partial charge in [-0.25, -0.2) is 0 Å². The molecule has 142 valence electrons. The lowest BCUT2D eigenvalue weighted by atomic mass is 10.1. The molecule has 0 saturated heterocycles. The first-order chi connectivity index (χ1) is 12.5. The lowest BCUT2D eigenvalue weighted by Gasteiger charge is -2.13. The van der Waals surface area contributed by atoms with E-state index in [1.54, 1.807) is 6.08 Å². The molecule has 0 aliphatic heterocycles. The Morgan fingerprint density at radius 2 is 1.77 bits per heavy atom. The monoisotopic (exact) mass is 358 g/mol. The van der Waals surface area contributed by atoms with Gasteiger partial charge in [0.25, 0.3) is 0 Å².